The molecule has 0 saturated carbocycles. The van der Waals surface area contributed by atoms with Gasteiger partial charge < -0.3 is 14.4 Å². The lowest BCUT2D eigenvalue weighted by Crippen LogP contribution is -1.96. The topological polar surface area (TPSA) is 68.4 Å². The molecule has 0 unspecified atom stereocenters. The average Bonchev–Trinajstić information content (AvgIpc) is 2.75. The van der Waals surface area contributed by atoms with Crippen molar-refractivity contribution in [2.75, 3.05) is 13.7 Å². The Bertz CT molecular complexity index is 468. The van der Waals surface area contributed by atoms with Gasteiger partial charge >= 0.3 is 0 Å². The first kappa shape index (κ1) is 10.6. The summed E-state index contributed by atoms with van der Waals surface area (Å²) in [6.07, 6.45) is 0.591. The maximum atomic E-state index is 9.60. The molecule has 1 N–H and O–H groups in total. The molecular formula is C11H12N2O3. The van der Waals surface area contributed by atoms with Crippen LogP contribution in [0.25, 0.3) is 11.5 Å². The third kappa shape index (κ3) is 2.20. The minimum Gasteiger partial charge on any atom is -0.507 e. The molecule has 1 aromatic carbocycles. The van der Waals surface area contributed by atoms with E-state index in [1.165, 1.54) is 0 Å². The predicted octanol–water partition coefficient (Wildman–Crippen LogP) is 1.63. The second-order valence-corrected chi connectivity index (χ2v) is 3.28. The molecule has 1 heterocycles. The summed E-state index contributed by atoms with van der Waals surface area (Å²) in [7, 11) is 1.62. The summed E-state index contributed by atoms with van der Waals surface area (Å²) in [6, 6.07) is 6.84. The highest BCUT2D eigenvalue weighted by Gasteiger charge is 2.11. The van der Waals surface area contributed by atoms with Crippen LogP contribution in [0.4, 0.5) is 0 Å². The Labute approximate surface area is 92.7 Å². The lowest BCUT2D eigenvalue weighted by atomic mass is 10.2. The van der Waals surface area contributed by atoms with Gasteiger partial charge in [-0.1, -0.05) is 17.3 Å². The fourth-order valence-electron chi connectivity index (χ4n) is 1.31. The molecule has 0 aliphatic heterocycles. The zero-order chi connectivity index (χ0) is 11.4. The second-order valence-electron chi connectivity index (χ2n) is 3.28. The van der Waals surface area contributed by atoms with E-state index in [1.807, 2.05) is 0 Å². The molecule has 84 valence electrons. The molecule has 0 aliphatic carbocycles. The number of methoxy groups -OCH3 is 1. The number of aromatic nitrogens is 2. The van der Waals surface area contributed by atoms with Crippen LogP contribution in [-0.2, 0) is 11.2 Å². The van der Waals surface area contributed by atoms with E-state index in [1.54, 1.807) is 31.4 Å². The summed E-state index contributed by atoms with van der Waals surface area (Å²) in [4.78, 5) is 4.16. The highest BCUT2D eigenvalue weighted by Crippen LogP contribution is 2.26. The van der Waals surface area contributed by atoms with E-state index in [0.29, 0.717) is 30.3 Å². The summed E-state index contributed by atoms with van der Waals surface area (Å²) in [5, 5.41) is 13.4. The molecule has 0 saturated heterocycles. The van der Waals surface area contributed by atoms with Crippen molar-refractivity contribution in [3.8, 4) is 17.2 Å². The van der Waals surface area contributed by atoms with E-state index in [4.69, 9.17) is 9.26 Å². The quantitative estimate of drug-likeness (QED) is 0.848. The summed E-state index contributed by atoms with van der Waals surface area (Å²) in [5.74, 6) is 1.02. The predicted molar refractivity (Wildman–Crippen MR) is 57.0 cm³/mol. The first-order chi connectivity index (χ1) is 7.81. The Morgan fingerprint density at radius 3 is 2.94 bits per heavy atom. The van der Waals surface area contributed by atoms with Crippen molar-refractivity contribution in [3.05, 3.63) is 30.1 Å². The Hall–Kier alpha value is -1.88. The first-order valence-electron chi connectivity index (χ1n) is 4.91. The maximum Gasteiger partial charge on any atom is 0.261 e. The minimum atomic E-state index is 0.129. The van der Waals surface area contributed by atoms with Gasteiger partial charge in [0.2, 0.25) is 0 Å². The molecule has 0 bridgehead atoms. The van der Waals surface area contributed by atoms with Gasteiger partial charge in [-0.05, 0) is 12.1 Å². The van der Waals surface area contributed by atoms with E-state index in [9.17, 15) is 5.11 Å². The number of para-hydroxylation sites is 1. The molecule has 2 rings (SSSR count). The van der Waals surface area contributed by atoms with Crippen molar-refractivity contribution in [2.24, 2.45) is 0 Å². The van der Waals surface area contributed by atoms with E-state index >= 15 is 0 Å². The van der Waals surface area contributed by atoms with E-state index in [0.717, 1.165) is 0 Å². The van der Waals surface area contributed by atoms with Gasteiger partial charge in [-0.2, -0.15) is 4.98 Å². The Morgan fingerprint density at radius 2 is 2.19 bits per heavy atom. The highest BCUT2D eigenvalue weighted by atomic mass is 16.5. The highest BCUT2D eigenvalue weighted by molar-refractivity contribution is 5.61. The van der Waals surface area contributed by atoms with Crippen LogP contribution in [0, 0.1) is 0 Å². The molecule has 1 aromatic heterocycles. The largest absolute Gasteiger partial charge is 0.507 e. The fraction of sp³-hybridized carbons (Fsp3) is 0.273. The lowest BCUT2D eigenvalue weighted by molar-refractivity contribution is 0.199. The number of phenolic OH excluding ortho intramolecular Hbond substituents is 1. The van der Waals surface area contributed by atoms with Crippen LogP contribution in [-0.4, -0.2) is 29.0 Å². The SMILES string of the molecule is COCCc1noc(-c2ccccc2O)n1. The normalized spacial score (nSPS) is 10.6. The molecule has 5 heteroatoms. The molecule has 2 aromatic rings. The third-order valence-electron chi connectivity index (χ3n) is 2.13. The van der Waals surface area contributed by atoms with E-state index in [2.05, 4.69) is 10.1 Å². The lowest BCUT2D eigenvalue weighted by Gasteiger charge is -1.96. The van der Waals surface area contributed by atoms with E-state index < -0.39 is 0 Å². The van der Waals surface area contributed by atoms with Crippen molar-refractivity contribution < 1.29 is 14.4 Å². The van der Waals surface area contributed by atoms with Crippen molar-refractivity contribution >= 4 is 0 Å². The van der Waals surface area contributed by atoms with Gasteiger partial charge in [-0.25, -0.2) is 0 Å². The van der Waals surface area contributed by atoms with Crippen LogP contribution >= 0.6 is 0 Å². The minimum absolute atomic E-state index is 0.129. The standard InChI is InChI=1S/C11H12N2O3/c1-15-7-6-10-12-11(16-13-10)8-4-2-3-5-9(8)14/h2-5,14H,6-7H2,1H3. The number of phenols is 1. The molecule has 0 radical (unpaired) electrons. The van der Waals surface area contributed by atoms with Crippen LogP contribution in [0.5, 0.6) is 5.75 Å². The number of benzene rings is 1. The molecule has 0 aliphatic rings. The number of hydrogen-bond acceptors (Lipinski definition) is 5. The summed E-state index contributed by atoms with van der Waals surface area (Å²) in [6.45, 7) is 0.541. The monoisotopic (exact) mass is 220 g/mol. The van der Waals surface area contributed by atoms with E-state index in [-0.39, 0.29) is 5.75 Å². The summed E-state index contributed by atoms with van der Waals surface area (Å²) in [5.41, 5.74) is 0.540. The van der Waals surface area contributed by atoms with Gasteiger partial charge in [-0.3, -0.25) is 0 Å². The molecule has 5 nitrogen and oxygen atoms in total. The molecular weight excluding hydrogens is 208 g/mol. The average molecular weight is 220 g/mol. The van der Waals surface area contributed by atoms with Crippen LogP contribution in [0.1, 0.15) is 5.82 Å². The Balaban J connectivity index is 2.22. The zero-order valence-electron chi connectivity index (χ0n) is 8.88. The van der Waals surface area contributed by atoms with Gasteiger partial charge in [0.1, 0.15) is 5.75 Å². The number of nitrogens with zero attached hydrogens (tertiary/aromatic N) is 2. The van der Waals surface area contributed by atoms with Crippen LogP contribution in [0.2, 0.25) is 0 Å². The second kappa shape index (κ2) is 4.76. The van der Waals surface area contributed by atoms with Crippen LogP contribution in [0.3, 0.4) is 0 Å². The smallest absolute Gasteiger partial charge is 0.261 e. The van der Waals surface area contributed by atoms with Gasteiger partial charge in [0, 0.05) is 13.5 Å². The van der Waals surface area contributed by atoms with Gasteiger partial charge in [0.05, 0.1) is 12.2 Å². The van der Waals surface area contributed by atoms with Gasteiger partial charge in [0.15, 0.2) is 5.82 Å². The zero-order valence-corrected chi connectivity index (χ0v) is 8.88. The van der Waals surface area contributed by atoms with Gasteiger partial charge in [0.25, 0.3) is 5.89 Å². The van der Waals surface area contributed by atoms with Crippen LogP contribution in [0.15, 0.2) is 28.8 Å². The summed E-state index contributed by atoms with van der Waals surface area (Å²) < 4.78 is 9.97. The van der Waals surface area contributed by atoms with Gasteiger partial charge in [-0.15, -0.1) is 0 Å². The Morgan fingerprint density at radius 1 is 1.38 bits per heavy atom. The van der Waals surface area contributed by atoms with Crippen molar-refractivity contribution in [2.45, 2.75) is 6.42 Å². The molecule has 0 amide bonds. The molecule has 0 atom stereocenters. The van der Waals surface area contributed by atoms with Crippen molar-refractivity contribution in [1.82, 2.24) is 10.1 Å². The number of aromatic hydroxyl groups is 1. The van der Waals surface area contributed by atoms with Crippen molar-refractivity contribution in [3.63, 3.8) is 0 Å². The first-order valence-corrected chi connectivity index (χ1v) is 4.91. The third-order valence-corrected chi connectivity index (χ3v) is 2.13. The van der Waals surface area contributed by atoms with Crippen LogP contribution < -0.4 is 0 Å². The molecule has 0 fully saturated rings. The molecule has 0 spiro atoms. The Kier molecular flexibility index (Phi) is 3.16. The number of rotatable bonds is 4. The number of ether oxygens (including phenoxy) is 1. The van der Waals surface area contributed by atoms with Crippen molar-refractivity contribution in [1.29, 1.82) is 0 Å². The maximum absolute atomic E-state index is 9.60. The number of hydrogen-bond donors (Lipinski definition) is 1. The fourth-order valence-corrected chi connectivity index (χ4v) is 1.31. The molecule has 16 heavy (non-hydrogen) atoms. The summed E-state index contributed by atoms with van der Waals surface area (Å²) >= 11 is 0.